The third-order valence-electron chi connectivity index (χ3n) is 2.87. The summed E-state index contributed by atoms with van der Waals surface area (Å²) in [6.07, 6.45) is 0. The normalized spacial score (nSPS) is 10.0. The number of esters is 1. The van der Waals surface area contributed by atoms with Crippen molar-refractivity contribution >= 4 is 21.9 Å². The lowest BCUT2D eigenvalue weighted by molar-refractivity contribution is 0.0600. The number of rotatable bonds is 5. The van der Waals surface area contributed by atoms with Gasteiger partial charge in [-0.05, 0) is 35.9 Å². The summed E-state index contributed by atoms with van der Waals surface area (Å²) >= 11 is 3.42. The first-order valence-corrected chi connectivity index (χ1v) is 7.07. The molecule has 5 heteroatoms. The van der Waals surface area contributed by atoms with Crippen LogP contribution >= 0.6 is 15.9 Å². The summed E-state index contributed by atoms with van der Waals surface area (Å²) < 4.78 is 16.7. The Labute approximate surface area is 131 Å². The van der Waals surface area contributed by atoms with E-state index in [1.54, 1.807) is 18.2 Å². The first-order valence-electron chi connectivity index (χ1n) is 6.27. The fourth-order valence-electron chi connectivity index (χ4n) is 1.82. The average molecular weight is 351 g/mol. The van der Waals surface area contributed by atoms with Crippen LogP contribution in [0.15, 0.2) is 46.9 Å². The largest absolute Gasteiger partial charge is 0.493 e. The van der Waals surface area contributed by atoms with Gasteiger partial charge < -0.3 is 14.2 Å². The minimum absolute atomic E-state index is 0.410. The van der Waals surface area contributed by atoms with Gasteiger partial charge in [0.25, 0.3) is 0 Å². The van der Waals surface area contributed by atoms with Gasteiger partial charge in [-0.3, -0.25) is 0 Å². The Hall–Kier alpha value is -2.01. The highest BCUT2D eigenvalue weighted by molar-refractivity contribution is 9.10. The molecule has 2 aromatic carbocycles. The molecule has 0 saturated carbocycles. The molecule has 4 nitrogen and oxygen atoms in total. The van der Waals surface area contributed by atoms with Crippen LogP contribution in [0, 0.1) is 0 Å². The molecule has 0 radical (unpaired) electrons. The van der Waals surface area contributed by atoms with Gasteiger partial charge in [-0.15, -0.1) is 0 Å². The van der Waals surface area contributed by atoms with Crippen molar-refractivity contribution in [2.24, 2.45) is 0 Å². The Bertz CT molecular complexity index is 640. The van der Waals surface area contributed by atoms with Crippen LogP contribution < -0.4 is 9.47 Å². The van der Waals surface area contributed by atoms with Crippen molar-refractivity contribution < 1.29 is 19.0 Å². The average Bonchev–Trinajstić information content (AvgIpc) is 2.52. The molecular weight excluding hydrogens is 336 g/mol. The Morgan fingerprint density at radius 1 is 1.10 bits per heavy atom. The van der Waals surface area contributed by atoms with E-state index < -0.39 is 5.97 Å². The number of hydrogen-bond acceptors (Lipinski definition) is 4. The zero-order valence-corrected chi connectivity index (χ0v) is 13.3. The van der Waals surface area contributed by atoms with E-state index in [2.05, 4.69) is 20.7 Å². The standard InChI is InChI=1S/C16H15BrO4/c1-19-15-9-12(16(18)20-2)6-7-14(15)21-10-11-4-3-5-13(17)8-11/h3-9H,10H2,1-2H3. The molecule has 0 aliphatic rings. The highest BCUT2D eigenvalue weighted by Gasteiger charge is 2.11. The van der Waals surface area contributed by atoms with E-state index >= 15 is 0 Å². The highest BCUT2D eigenvalue weighted by atomic mass is 79.9. The summed E-state index contributed by atoms with van der Waals surface area (Å²) in [5.74, 6) is 0.657. The lowest BCUT2D eigenvalue weighted by Crippen LogP contribution is -2.03. The van der Waals surface area contributed by atoms with Crippen molar-refractivity contribution in [3.8, 4) is 11.5 Å². The van der Waals surface area contributed by atoms with E-state index in [-0.39, 0.29) is 0 Å². The van der Waals surface area contributed by atoms with Gasteiger partial charge in [0.2, 0.25) is 0 Å². The highest BCUT2D eigenvalue weighted by Crippen LogP contribution is 2.29. The quantitative estimate of drug-likeness (QED) is 0.769. The molecule has 0 bridgehead atoms. The van der Waals surface area contributed by atoms with Crippen LogP contribution in [-0.4, -0.2) is 20.2 Å². The maximum Gasteiger partial charge on any atom is 0.337 e. The molecule has 0 spiro atoms. The maximum atomic E-state index is 11.5. The Kier molecular flexibility index (Phi) is 5.22. The second-order valence-corrected chi connectivity index (χ2v) is 5.19. The van der Waals surface area contributed by atoms with Crippen LogP contribution in [0.1, 0.15) is 15.9 Å². The molecule has 2 rings (SSSR count). The summed E-state index contributed by atoms with van der Waals surface area (Å²) in [5.41, 5.74) is 1.45. The van der Waals surface area contributed by atoms with Crippen LogP contribution in [0.2, 0.25) is 0 Å². The Morgan fingerprint density at radius 2 is 1.90 bits per heavy atom. The van der Waals surface area contributed by atoms with E-state index in [1.807, 2.05) is 24.3 Å². The van der Waals surface area contributed by atoms with E-state index in [0.29, 0.717) is 23.7 Å². The number of hydrogen-bond donors (Lipinski definition) is 0. The molecule has 0 N–H and O–H groups in total. The van der Waals surface area contributed by atoms with Gasteiger partial charge in [0, 0.05) is 4.47 Å². The molecule has 0 fully saturated rings. The fourth-order valence-corrected chi connectivity index (χ4v) is 2.27. The van der Waals surface area contributed by atoms with Gasteiger partial charge in [0.05, 0.1) is 19.8 Å². The Balaban J connectivity index is 2.14. The summed E-state index contributed by atoms with van der Waals surface area (Å²) in [6.45, 7) is 0.410. The number of halogens is 1. The second-order valence-electron chi connectivity index (χ2n) is 4.28. The predicted octanol–water partition coefficient (Wildman–Crippen LogP) is 3.82. The molecule has 110 valence electrons. The first kappa shape index (κ1) is 15.4. The number of methoxy groups -OCH3 is 2. The third kappa shape index (κ3) is 3.98. The van der Waals surface area contributed by atoms with Crippen LogP contribution in [0.4, 0.5) is 0 Å². The van der Waals surface area contributed by atoms with Crippen molar-refractivity contribution in [3.05, 3.63) is 58.1 Å². The molecular formula is C16H15BrO4. The second kappa shape index (κ2) is 7.13. The molecule has 0 aliphatic heterocycles. The SMILES string of the molecule is COC(=O)c1ccc(OCc2cccc(Br)c2)c(OC)c1. The number of carbonyl (C=O) groups is 1. The van der Waals surface area contributed by atoms with Crippen molar-refractivity contribution in [2.45, 2.75) is 6.61 Å². The van der Waals surface area contributed by atoms with E-state index in [4.69, 9.17) is 9.47 Å². The molecule has 0 aliphatic carbocycles. The Morgan fingerprint density at radius 3 is 2.57 bits per heavy atom. The minimum Gasteiger partial charge on any atom is -0.493 e. The zero-order valence-electron chi connectivity index (χ0n) is 11.8. The molecule has 0 amide bonds. The predicted molar refractivity (Wildman–Crippen MR) is 82.8 cm³/mol. The van der Waals surface area contributed by atoms with Crippen LogP contribution in [0.3, 0.4) is 0 Å². The molecule has 0 saturated heterocycles. The van der Waals surface area contributed by atoms with Gasteiger partial charge in [-0.25, -0.2) is 4.79 Å². The molecule has 0 atom stereocenters. The van der Waals surface area contributed by atoms with Crippen molar-refractivity contribution in [2.75, 3.05) is 14.2 Å². The molecule has 0 heterocycles. The smallest absolute Gasteiger partial charge is 0.337 e. The van der Waals surface area contributed by atoms with Crippen molar-refractivity contribution in [3.63, 3.8) is 0 Å². The van der Waals surface area contributed by atoms with Gasteiger partial charge in [0.1, 0.15) is 6.61 Å². The molecule has 21 heavy (non-hydrogen) atoms. The van der Waals surface area contributed by atoms with Crippen LogP contribution in [-0.2, 0) is 11.3 Å². The monoisotopic (exact) mass is 350 g/mol. The zero-order chi connectivity index (χ0) is 15.2. The van der Waals surface area contributed by atoms with Crippen molar-refractivity contribution in [1.29, 1.82) is 0 Å². The first-order chi connectivity index (χ1) is 10.1. The summed E-state index contributed by atoms with van der Waals surface area (Å²) in [5, 5.41) is 0. The van der Waals surface area contributed by atoms with Crippen molar-refractivity contribution in [1.82, 2.24) is 0 Å². The summed E-state index contributed by atoms with van der Waals surface area (Å²) in [4.78, 5) is 11.5. The van der Waals surface area contributed by atoms with E-state index in [1.165, 1.54) is 14.2 Å². The lowest BCUT2D eigenvalue weighted by Gasteiger charge is -2.12. The fraction of sp³-hybridized carbons (Fsp3) is 0.188. The summed E-state index contributed by atoms with van der Waals surface area (Å²) in [7, 11) is 2.87. The van der Waals surface area contributed by atoms with E-state index in [0.717, 1.165) is 10.0 Å². The minimum atomic E-state index is -0.410. The maximum absolute atomic E-state index is 11.5. The lowest BCUT2D eigenvalue weighted by atomic mass is 10.2. The number of carbonyl (C=O) groups excluding carboxylic acids is 1. The molecule has 0 unspecified atom stereocenters. The summed E-state index contributed by atoms with van der Waals surface area (Å²) in [6, 6.07) is 12.8. The number of ether oxygens (including phenoxy) is 3. The van der Waals surface area contributed by atoms with Crippen LogP contribution in [0.5, 0.6) is 11.5 Å². The van der Waals surface area contributed by atoms with Gasteiger partial charge in [0.15, 0.2) is 11.5 Å². The van der Waals surface area contributed by atoms with Gasteiger partial charge in [-0.1, -0.05) is 28.1 Å². The topological polar surface area (TPSA) is 44.8 Å². The van der Waals surface area contributed by atoms with Crippen LogP contribution in [0.25, 0.3) is 0 Å². The third-order valence-corrected chi connectivity index (χ3v) is 3.36. The van der Waals surface area contributed by atoms with Gasteiger partial charge in [-0.2, -0.15) is 0 Å². The van der Waals surface area contributed by atoms with E-state index in [9.17, 15) is 4.79 Å². The molecule has 0 aromatic heterocycles. The molecule has 2 aromatic rings. The number of benzene rings is 2. The van der Waals surface area contributed by atoms with Gasteiger partial charge >= 0.3 is 5.97 Å².